The van der Waals surface area contributed by atoms with E-state index < -0.39 is 4.92 Å². The van der Waals surface area contributed by atoms with Crippen LogP contribution in [0.5, 0.6) is 0 Å². The summed E-state index contributed by atoms with van der Waals surface area (Å²) in [6, 6.07) is 8.10. The lowest BCUT2D eigenvalue weighted by Gasteiger charge is -2.06. The van der Waals surface area contributed by atoms with Gasteiger partial charge in [0.15, 0.2) is 17.0 Å². The standard InChI is InChI=1S/C15H12N8O2/c16-15-19-13-12(14(20-15)22-7-1-6-18-22)17-9-21(13)8-10-2-4-11(5-3-10)23(24)25/h1-7,9H,8H2,(H2,16,19,20). The van der Waals surface area contributed by atoms with Gasteiger partial charge in [-0.05, 0) is 11.6 Å². The third-order valence-corrected chi connectivity index (χ3v) is 3.68. The molecule has 25 heavy (non-hydrogen) atoms. The fourth-order valence-electron chi connectivity index (χ4n) is 2.54. The van der Waals surface area contributed by atoms with Crippen LogP contribution >= 0.6 is 0 Å². The van der Waals surface area contributed by atoms with E-state index in [-0.39, 0.29) is 11.6 Å². The van der Waals surface area contributed by atoms with E-state index in [2.05, 4.69) is 20.1 Å². The summed E-state index contributed by atoms with van der Waals surface area (Å²) in [5.41, 5.74) is 7.89. The summed E-state index contributed by atoms with van der Waals surface area (Å²) >= 11 is 0. The molecule has 0 radical (unpaired) electrons. The molecule has 2 N–H and O–H groups in total. The summed E-state index contributed by atoms with van der Waals surface area (Å²) in [6.07, 6.45) is 5.02. The van der Waals surface area contributed by atoms with Crippen molar-refractivity contribution in [2.24, 2.45) is 0 Å². The van der Waals surface area contributed by atoms with Crippen molar-refractivity contribution < 1.29 is 4.92 Å². The summed E-state index contributed by atoms with van der Waals surface area (Å²) in [7, 11) is 0. The summed E-state index contributed by atoms with van der Waals surface area (Å²) in [5, 5.41) is 14.9. The van der Waals surface area contributed by atoms with Gasteiger partial charge in [-0.1, -0.05) is 12.1 Å². The number of non-ortho nitro benzene ring substituents is 1. The first kappa shape index (κ1) is 14.8. The third kappa shape index (κ3) is 2.65. The van der Waals surface area contributed by atoms with Gasteiger partial charge in [0.1, 0.15) is 0 Å². The van der Waals surface area contributed by atoms with Crippen LogP contribution in [-0.4, -0.2) is 34.2 Å². The Morgan fingerprint density at radius 3 is 2.68 bits per heavy atom. The number of nitro groups is 1. The predicted molar refractivity (Wildman–Crippen MR) is 89.1 cm³/mol. The molecule has 0 saturated carbocycles. The highest BCUT2D eigenvalue weighted by molar-refractivity contribution is 5.79. The predicted octanol–water partition coefficient (Wildman–Crippen LogP) is 1.55. The molecule has 1 aromatic carbocycles. The van der Waals surface area contributed by atoms with Gasteiger partial charge in [0.05, 0.1) is 17.8 Å². The van der Waals surface area contributed by atoms with Gasteiger partial charge in [0.2, 0.25) is 5.95 Å². The Morgan fingerprint density at radius 1 is 1.20 bits per heavy atom. The average molecular weight is 336 g/mol. The van der Waals surface area contributed by atoms with Crippen LogP contribution in [0.1, 0.15) is 5.56 Å². The molecule has 10 nitrogen and oxygen atoms in total. The summed E-state index contributed by atoms with van der Waals surface area (Å²) in [5.74, 6) is 0.610. The highest BCUT2D eigenvalue weighted by Gasteiger charge is 2.14. The van der Waals surface area contributed by atoms with E-state index >= 15 is 0 Å². The lowest BCUT2D eigenvalue weighted by Crippen LogP contribution is -2.06. The number of hydrogen-bond acceptors (Lipinski definition) is 7. The normalized spacial score (nSPS) is 11.0. The maximum Gasteiger partial charge on any atom is 0.269 e. The minimum absolute atomic E-state index is 0.0479. The molecule has 0 aliphatic heterocycles. The van der Waals surface area contributed by atoms with Crippen LogP contribution in [-0.2, 0) is 6.54 Å². The van der Waals surface area contributed by atoms with Crippen LogP contribution < -0.4 is 5.73 Å². The lowest BCUT2D eigenvalue weighted by atomic mass is 10.2. The van der Waals surface area contributed by atoms with Crippen LogP contribution in [0.15, 0.2) is 49.1 Å². The molecule has 10 heteroatoms. The van der Waals surface area contributed by atoms with Gasteiger partial charge >= 0.3 is 0 Å². The Labute approximate surface area is 140 Å². The van der Waals surface area contributed by atoms with Crippen LogP contribution in [0.2, 0.25) is 0 Å². The molecule has 4 rings (SSSR count). The number of nitro benzene ring substituents is 1. The SMILES string of the molecule is Nc1nc(-n2cccn2)c2ncn(Cc3ccc([N+](=O)[O-])cc3)c2n1. The summed E-state index contributed by atoms with van der Waals surface area (Å²) < 4.78 is 3.38. The minimum atomic E-state index is -0.430. The second-order valence-corrected chi connectivity index (χ2v) is 5.32. The number of fused-ring (bicyclic) bond motifs is 1. The number of aromatic nitrogens is 6. The second kappa shape index (κ2) is 5.67. The first-order valence-electron chi connectivity index (χ1n) is 7.33. The fraction of sp³-hybridized carbons (Fsp3) is 0.0667. The number of rotatable bonds is 4. The smallest absolute Gasteiger partial charge is 0.269 e. The monoisotopic (exact) mass is 336 g/mol. The van der Waals surface area contributed by atoms with Crippen LogP contribution in [0.3, 0.4) is 0 Å². The zero-order valence-corrected chi connectivity index (χ0v) is 12.9. The molecule has 4 aromatic rings. The van der Waals surface area contributed by atoms with E-state index in [4.69, 9.17) is 5.73 Å². The number of imidazole rings is 1. The first-order valence-corrected chi connectivity index (χ1v) is 7.33. The van der Waals surface area contributed by atoms with Crippen molar-refractivity contribution in [2.75, 3.05) is 5.73 Å². The molecule has 124 valence electrons. The van der Waals surface area contributed by atoms with E-state index in [9.17, 15) is 10.1 Å². The average Bonchev–Trinajstić information content (AvgIpc) is 3.25. The zero-order chi connectivity index (χ0) is 17.4. The molecule has 0 saturated heterocycles. The van der Waals surface area contributed by atoms with E-state index in [1.165, 1.54) is 12.1 Å². The van der Waals surface area contributed by atoms with Crippen LogP contribution in [0, 0.1) is 10.1 Å². The van der Waals surface area contributed by atoms with Crippen molar-refractivity contribution in [2.45, 2.75) is 6.54 Å². The lowest BCUT2D eigenvalue weighted by molar-refractivity contribution is -0.384. The first-order chi connectivity index (χ1) is 12.1. The number of nitrogen functional groups attached to an aromatic ring is 1. The van der Waals surface area contributed by atoms with Crippen LogP contribution in [0.4, 0.5) is 11.6 Å². The largest absolute Gasteiger partial charge is 0.368 e. The van der Waals surface area contributed by atoms with Crippen molar-refractivity contribution >= 4 is 22.8 Å². The molecular formula is C15H12N8O2. The Morgan fingerprint density at radius 2 is 2.00 bits per heavy atom. The van der Waals surface area contributed by atoms with Gasteiger partial charge in [-0.25, -0.2) is 9.67 Å². The molecule has 0 aliphatic rings. The highest BCUT2D eigenvalue weighted by atomic mass is 16.6. The molecule has 0 spiro atoms. The quantitative estimate of drug-likeness (QED) is 0.442. The molecule has 0 amide bonds. The van der Waals surface area contributed by atoms with Gasteiger partial charge < -0.3 is 10.3 Å². The molecule has 3 aromatic heterocycles. The number of nitrogens with zero attached hydrogens (tertiary/aromatic N) is 7. The van der Waals surface area contributed by atoms with Gasteiger partial charge in [0.25, 0.3) is 5.69 Å². The molecule has 0 aliphatic carbocycles. The second-order valence-electron chi connectivity index (χ2n) is 5.32. The zero-order valence-electron chi connectivity index (χ0n) is 12.9. The molecule has 0 fully saturated rings. The van der Waals surface area contributed by atoms with E-state index in [0.717, 1.165) is 5.56 Å². The molecular weight excluding hydrogens is 324 g/mol. The Hall–Kier alpha value is -3.82. The number of hydrogen-bond donors (Lipinski definition) is 1. The van der Waals surface area contributed by atoms with E-state index in [0.29, 0.717) is 23.5 Å². The maximum atomic E-state index is 10.7. The summed E-state index contributed by atoms with van der Waals surface area (Å²) in [4.78, 5) is 23.2. The molecule has 3 heterocycles. The number of benzene rings is 1. The molecule has 0 bridgehead atoms. The van der Waals surface area contributed by atoms with Crippen molar-refractivity contribution in [1.29, 1.82) is 0 Å². The van der Waals surface area contributed by atoms with Crippen molar-refractivity contribution in [3.8, 4) is 5.82 Å². The summed E-state index contributed by atoms with van der Waals surface area (Å²) in [6.45, 7) is 0.448. The third-order valence-electron chi connectivity index (χ3n) is 3.68. The number of nitrogens with two attached hydrogens (primary N) is 1. The molecule has 0 atom stereocenters. The van der Waals surface area contributed by atoms with Gasteiger partial charge in [-0.15, -0.1) is 0 Å². The van der Waals surface area contributed by atoms with Crippen molar-refractivity contribution in [3.63, 3.8) is 0 Å². The topological polar surface area (TPSA) is 131 Å². The van der Waals surface area contributed by atoms with Gasteiger partial charge in [0, 0.05) is 24.5 Å². The Bertz CT molecular complexity index is 1050. The fourth-order valence-corrected chi connectivity index (χ4v) is 2.54. The van der Waals surface area contributed by atoms with E-state index in [1.54, 1.807) is 41.6 Å². The highest BCUT2D eigenvalue weighted by Crippen LogP contribution is 2.20. The van der Waals surface area contributed by atoms with Gasteiger partial charge in [-0.2, -0.15) is 15.1 Å². The molecule has 0 unspecified atom stereocenters. The maximum absolute atomic E-state index is 10.7. The number of anilines is 1. The van der Waals surface area contributed by atoms with Gasteiger partial charge in [-0.3, -0.25) is 10.1 Å². The minimum Gasteiger partial charge on any atom is -0.368 e. The van der Waals surface area contributed by atoms with Crippen molar-refractivity contribution in [3.05, 3.63) is 64.7 Å². The van der Waals surface area contributed by atoms with Crippen molar-refractivity contribution in [1.82, 2.24) is 29.3 Å². The van der Waals surface area contributed by atoms with E-state index in [1.807, 2.05) is 4.57 Å². The van der Waals surface area contributed by atoms with Crippen LogP contribution in [0.25, 0.3) is 17.0 Å². The Balaban J connectivity index is 1.75. The Kier molecular flexibility index (Phi) is 3.35.